The second-order valence-corrected chi connectivity index (χ2v) is 8.16. The zero-order valence-corrected chi connectivity index (χ0v) is 16.1. The number of thiazole rings is 1. The van der Waals surface area contributed by atoms with Gasteiger partial charge in [-0.1, -0.05) is 47.5 Å². The second kappa shape index (κ2) is 6.76. The van der Waals surface area contributed by atoms with E-state index in [1.807, 2.05) is 25.1 Å². The van der Waals surface area contributed by atoms with Crippen molar-refractivity contribution in [1.82, 2.24) is 14.6 Å². The fourth-order valence-electron chi connectivity index (χ4n) is 3.51. The smallest absolute Gasteiger partial charge is 0.235 e. The van der Waals surface area contributed by atoms with Crippen LogP contribution in [0.3, 0.4) is 0 Å². The molecule has 1 aromatic carbocycles. The third kappa shape index (κ3) is 3.01. The summed E-state index contributed by atoms with van der Waals surface area (Å²) in [6.45, 7) is 4.14. The maximum Gasteiger partial charge on any atom is 0.235 e. The van der Waals surface area contributed by atoms with Crippen molar-refractivity contribution >= 4 is 39.5 Å². The van der Waals surface area contributed by atoms with Crippen LogP contribution in [0.1, 0.15) is 42.1 Å². The first kappa shape index (κ1) is 17.1. The van der Waals surface area contributed by atoms with Crippen molar-refractivity contribution in [2.75, 3.05) is 13.1 Å². The van der Waals surface area contributed by atoms with Gasteiger partial charge in [-0.05, 0) is 12.1 Å². The highest BCUT2D eigenvalue weighted by atomic mass is 35.5. The summed E-state index contributed by atoms with van der Waals surface area (Å²) < 4.78 is 1.55. The monoisotopic (exact) mass is 397 g/mol. The highest BCUT2D eigenvalue weighted by Gasteiger charge is 2.34. The molecule has 3 aromatic rings. The number of nitrogens with one attached hydrogen (secondary N) is 1. The zero-order chi connectivity index (χ0) is 17.6. The van der Waals surface area contributed by atoms with Crippen LogP contribution in [0.15, 0.2) is 18.2 Å². The third-order valence-electron chi connectivity index (χ3n) is 4.75. The molecule has 1 fully saturated rings. The van der Waals surface area contributed by atoms with Crippen LogP contribution >= 0.6 is 34.5 Å². The van der Waals surface area contributed by atoms with E-state index in [2.05, 4.69) is 10.1 Å². The van der Waals surface area contributed by atoms with Gasteiger partial charge in [0, 0.05) is 24.8 Å². The molecule has 1 saturated heterocycles. The molecule has 0 unspecified atom stereocenters. The third-order valence-corrected chi connectivity index (χ3v) is 6.58. The van der Waals surface area contributed by atoms with Crippen LogP contribution in [0.4, 0.5) is 0 Å². The van der Waals surface area contributed by atoms with Gasteiger partial charge in [-0.3, -0.25) is 0 Å². The summed E-state index contributed by atoms with van der Waals surface area (Å²) in [5, 5.41) is 16.3. The van der Waals surface area contributed by atoms with Gasteiger partial charge in [-0.25, -0.2) is 4.98 Å². The van der Waals surface area contributed by atoms with Gasteiger partial charge in [0.1, 0.15) is 4.88 Å². The normalized spacial score (nSPS) is 16.8. The van der Waals surface area contributed by atoms with E-state index in [4.69, 9.17) is 23.2 Å². The summed E-state index contributed by atoms with van der Waals surface area (Å²) in [4.78, 5) is 7.54. The molecule has 3 heterocycles. The fraction of sp³-hybridized carbons (Fsp3) is 0.412. The highest BCUT2D eigenvalue weighted by Crippen LogP contribution is 2.36. The largest absolute Gasteiger partial charge is 0.492 e. The van der Waals surface area contributed by atoms with Crippen molar-refractivity contribution in [3.8, 4) is 5.88 Å². The minimum Gasteiger partial charge on any atom is -0.492 e. The molecule has 1 aliphatic rings. The van der Waals surface area contributed by atoms with E-state index in [0.717, 1.165) is 40.7 Å². The van der Waals surface area contributed by atoms with Crippen LogP contribution in [0, 0.1) is 0 Å². The van der Waals surface area contributed by atoms with Crippen molar-refractivity contribution in [3.63, 3.8) is 0 Å². The van der Waals surface area contributed by atoms with Crippen molar-refractivity contribution in [2.45, 2.75) is 32.2 Å². The van der Waals surface area contributed by atoms with Crippen molar-refractivity contribution < 1.29 is 10.0 Å². The minimum atomic E-state index is 0.0100. The molecule has 2 N–H and O–H groups in total. The fourth-order valence-corrected chi connectivity index (χ4v) is 4.98. The van der Waals surface area contributed by atoms with E-state index in [-0.39, 0.29) is 11.9 Å². The van der Waals surface area contributed by atoms with Gasteiger partial charge in [0.2, 0.25) is 10.8 Å². The lowest BCUT2D eigenvalue weighted by atomic mass is 10.0. The van der Waals surface area contributed by atoms with E-state index in [1.54, 1.807) is 4.52 Å². The van der Waals surface area contributed by atoms with E-state index < -0.39 is 0 Å². The molecule has 0 aliphatic carbocycles. The van der Waals surface area contributed by atoms with Crippen LogP contribution in [0.25, 0.3) is 4.96 Å². The molecule has 2 aromatic heterocycles. The molecular weight excluding hydrogens is 379 g/mol. The van der Waals surface area contributed by atoms with Gasteiger partial charge in [0.25, 0.3) is 0 Å². The first-order valence-electron chi connectivity index (χ1n) is 8.45. The Bertz CT molecular complexity index is 917. The van der Waals surface area contributed by atoms with E-state index in [9.17, 15) is 5.11 Å². The van der Waals surface area contributed by atoms with E-state index >= 15 is 0 Å². The Hall–Kier alpha value is -1.34. The van der Waals surface area contributed by atoms with Crippen molar-refractivity contribution in [1.29, 1.82) is 0 Å². The van der Waals surface area contributed by atoms with E-state index in [1.165, 1.54) is 29.1 Å². The minimum absolute atomic E-state index is 0.0100. The first-order chi connectivity index (χ1) is 12.1. The molecule has 0 spiro atoms. The van der Waals surface area contributed by atoms with Crippen molar-refractivity contribution in [2.24, 2.45) is 0 Å². The summed E-state index contributed by atoms with van der Waals surface area (Å²) in [7, 11) is 0. The number of aryl methyl sites for hydroxylation is 1. The number of fused-ring (bicyclic) bond motifs is 1. The highest BCUT2D eigenvalue weighted by molar-refractivity contribution is 7.17. The molecule has 0 bridgehead atoms. The molecule has 4 rings (SSSR count). The van der Waals surface area contributed by atoms with Gasteiger partial charge < -0.3 is 10.0 Å². The summed E-state index contributed by atoms with van der Waals surface area (Å²) >= 11 is 13.9. The molecule has 1 aliphatic heterocycles. The van der Waals surface area contributed by atoms with E-state index in [0.29, 0.717) is 10.0 Å². The predicted octanol–water partition coefficient (Wildman–Crippen LogP) is 3.13. The summed E-state index contributed by atoms with van der Waals surface area (Å²) in [6, 6.07) is 5.74. The molecule has 8 heteroatoms. The molecule has 1 atom stereocenters. The Morgan fingerprint density at radius 3 is 2.68 bits per heavy atom. The molecular formula is C17H19Cl2N4OS+. The van der Waals surface area contributed by atoms with Gasteiger partial charge in [-0.15, -0.1) is 5.10 Å². The molecule has 25 heavy (non-hydrogen) atoms. The zero-order valence-electron chi connectivity index (χ0n) is 13.8. The number of halogens is 2. The predicted molar refractivity (Wildman–Crippen MR) is 100 cm³/mol. The number of benzene rings is 1. The van der Waals surface area contributed by atoms with Crippen LogP contribution < -0.4 is 4.90 Å². The number of hydrogen-bond donors (Lipinski definition) is 2. The average Bonchev–Trinajstić information content (AvgIpc) is 3.31. The number of hydrogen-bond acceptors (Lipinski definition) is 4. The Morgan fingerprint density at radius 1 is 1.28 bits per heavy atom. The topological polar surface area (TPSA) is 54.9 Å². The summed E-state index contributed by atoms with van der Waals surface area (Å²) in [6.07, 6.45) is 3.13. The van der Waals surface area contributed by atoms with Crippen LogP contribution in [-0.4, -0.2) is 32.8 Å². The molecule has 0 radical (unpaired) electrons. The van der Waals surface area contributed by atoms with Gasteiger partial charge in [0.05, 0.1) is 23.1 Å². The quantitative estimate of drug-likeness (QED) is 0.710. The Morgan fingerprint density at radius 2 is 2.04 bits per heavy atom. The number of aromatic hydroxyl groups is 1. The van der Waals surface area contributed by atoms with Gasteiger partial charge in [-0.2, -0.15) is 4.52 Å². The molecule has 0 saturated carbocycles. The van der Waals surface area contributed by atoms with Crippen molar-refractivity contribution in [3.05, 3.63) is 44.5 Å². The van der Waals surface area contributed by atoms with Crippen LogP contribution in [0.5, 0.6) is 5.88 Å². The second-order valence-electron chi connectivity index (χ2n) is 6.34. The lowest BCUT2D eigenvalue weighted by Gasteiger charge is -2.24. The van der Waals surface area contributed by atoms with Crippen LogP contribution in [0.2, 0.25) is 10.0 Å². The number of likely N-dealkylation sites (tertiary alicyclic amines) is 1. The molecule has 132 valence electrons. The SMILES string of the molecule is CCc1nc2sc([C@@H](c3ccc(Cl)c(Cl)c3)[NH+]3CCCC3)c(O)n2n1. The summed E-state index contributed by atoms with van der Waals surface area (Å²) in [5.41, 5.74) is 1.06. The standard InChI is InChI=1S/C17H18Cl2N4OS/c1-2-13-20-17-23(21-13)16(24)15(25-17)14(22-7-3-4-8-22)10-5-6-11(18)12(19)9-10/h5-6,9,14,24H,2-4,7-8H2,1H3/p+1/t14-/m1/s1. The Balaban J connectivity index is 1.84. The maximum atomic E-state index is 10.8. The lowest BCUT2D eigenvalue weighted by molar-refractivity contribution is -0.913. The Kier molecular flexibility index (Phi) is 4.62. The maximum absolute atomic E-state index is 10.8. The molecule has 5 nitrogen and oxygen atoms in total. The number of nitrogens with zero attached hydrogens (tertiary/aromatic N) is 3. The average molecular weight is 398 g/mol. The number of quaternary nitrogens is 1. The lowest BCUT2D eigenvalue weighted by Crippen LogP contribution is -3.10. The summed E-state index contributed by atoms with van der Waals surface area (Å²) in [5.74, 6) is 0.926. The van der Waals surface area contributed by atoms with Crippen LogP contribution in [-0.2, 0) is 6.42 Å². The Labute approximate surface area is 159 Å². The molecule has 0 amide bonds. The van der Waals surface area contributed by atoms with Gasteiger partial charge >= 0.3 is 0 Å². The van der Waals surface area contributed by atoms with Gasteiger partial charge in [0.15, 0.2) is 11.9 Å². The first-order valence-corrected chi connectivity index (χ1v) is 10.0. The number of aromatic nitrogens is 3. The number of rotatable bonds is 4.